The third kappa shape index (κ3) is 15.5. The van der Waals surface area contributed by atoms with Crippen LogP contribution in [-0.4, -0.2) is 30.9 Å². The summed E-state index contributed by atoms with van der Waals surface area (Å²) in [5, 5.41) is 2.81. The molecule has 0 aromatic rings. The zero-order chi connectivity index (χ0) is 18.0. The Bertz CT molecular complexity index is 359. The van der Waals surface area contributed by atoms with Gasteiger partial charge in [0.2, 0.25) is 5.91 Å². The van der Waals surface area contributed by atoms with E-state index in [2.05, 4.69) is 10.1 Å². The molecule has 0 radical (unpaired) electrons. The van der Waals surface area contributed by atoms with Crippen molar-refractivity contribution in [2.75, 3.05) is 13.1 Å². The molecule has 24 heavy (non-hydrogen) atoms. The molecule has 1 amide bonds. The molecule has 0 heterocycles. The summed E-state index contributed by atoms with van der Waals surface area (Å²) in [5.74, 6) is -0.974. The lowest BCUT2D eigenvalue weighted by Crippen LogP contribution is -2.21. The van der Waals surface area contributed by atoms with Gasteiger partial charge in [-0.05, 0) is 19.8 Å². The smallest absolute Gasteiger partial charge is 0.327 e. The van der Waals surface area contributed by atoms with Crippen LogP contribution >= 0.6 is 0 Å². The average Bonchev–Trinajstić information content (AvgIpc) is 2.55. The van der Waals surface area contributed by atoms with Gasteiger partial charge < -0.3 is 15.8 Å². The summed E-state index contributed by atoms with van der Waals surface area (Å²) >= 11 is 0. The highest BCUT2D eigenvalue weighted by Gasteiger charge is 2.07. The molecule has 0 bridgehead atoms. The summed E-state index contributed by atoms with van der Waals surface area (Å²) in [6.45, 7) is 2.40. The van der Waals surface area contributed by atoms with Crippen molar-refractivity contribution in [3.63, 3.8) is 0 Å². The van der Waals surface area contributed by atoms with Crippen LogP contribution in [0.15, 0.2) is 0 Å². The highest BCUT2D eigenvalue weighted by atomic mass is 16.6. The van der Waals surface area contributed by atoms with Crippen LogP contribution in [0.3, 0.4) is 0 Å². The summed E-state index contributed by atoms with van der Waals surface area (Å²) in [5.41, 5.74) is 5.06. The van der Waals surface area contributed by atoms with Gasteiger partial charge in [0, 0.05) is 19.4 Å². The van der Waals surface area contributed by atoms with Gasteiger partial charge in [-0.25, -0.2) is 0 Å². The van der Waals surface area contributed by atoms with Gasteiger partial charge in [0.1, 0.15) is 0 Å². The predicted octanol–water partition coefficient (Wildman–Crippen LogP) is 2.83. The van der Waals surface area contributed by atoms with E-state index in [0.717, 1.165) is 32.1 Å². The third-order valence-electron chi connectivity index (χ3n) is 3.80. The van der Waals surface area contributed by atoms with Crippen LogP contribution in [-0.2, 0) is 19.1 Å². The first-order valence-electron chi connectivity index (χ1n) is 9.30. The monoisotopic (exact) mass is 342 g/mol. The molecule has 0 aliphatic rings. The molecule has 0 unspecified atom stereocenters. The number of carbonyl (C=O) groups is 3. The summed E-state index contributed by atoms with van der Waals surface area (Å²) in [7, 11) is 0. The molecule has 0 aliphatic carbocycles. The predicted molar refractivity (Wildman–Crippen MR) is 94.2 cm³/mol. The number of hydrogen-bond acceptors (Lipinski definition) is 5. The molecular formula is C18H34N2O4. The van der Waals surface area contributed by atoms with Crippen LogP contribution in [0.5, 0.6) is 0 Å². The van der Waals surface area contributed by atoms with Gasteiger partial charge in [0.05, 0.1) is 6.54 Å². The van der Waals surface area contributed by atoms with E-state index < -0.39 is 11.9 Å². The van der Waals surface area contributed by atoms with E-state index >= 15 is 0 Å². The number of rotatable bonds is 15. The maximum absolute atomic E-state index is 11.3. The lowest BCUT2D eigenvalue weighted by molar-refractivity contribution is -0.158. The number of hydrogen-bond donors (Lipinski definition) is 2. The van der Waals surface area contributed by atoms with Crippen LogP contribution in [0, 0.1) is 0 Å². The number of nitrogens with one attached hydrogen (secondary N) is 1. The van der Waals surface area contributed by atoms with E-state index in [1.54, 1.807) is 0 Å². The Morgan fingerprint density at radius 1 is 0.750 bits per heavy atom. The normalized spacial score (nSPS) is 10.4. The van der Waals surface area contributed by atoms with E-state index in [-0.39, 0.29) is 18.9 Å². The Morgan fingerprint density at radius 3 is 1.67 bits per heavy atom. The van der Waals surface area contributed by atoms with Gasteiger partial charge in [-0.2, -0.15) is 0 Å². The molecule has 140 valence electrons. The quantitative estimate of drug-likeness (QED) is 0.271. The van der Waals surface area contributed by atoms with E-state index in [4.69, 9.17) is 5.73 Å². The summed E-state index contributed by atoms with van der Waals surface area (Å²) < 4.78 is 4.49. The molecule has 6 heteroatoms. The third-order valence-corrected chi connectivity index (χ3v) is 3.80. The first-order chi connectivity index (χ1) is 11.6. The zero-order valence-electron chi connectivity index (χ0n) is 15.1. The van der Waals surface area contributed by atoms with Gasteiger partial charge in [-0.15, -0.1) is 0 Å². The van der Waals surface area contributed by atoms with Crippen molar-refractivity contribution in [2.24, 2.45) is 5.73 Å². The van der Waals surface area contributed by atoms with E-state index in [9.17, 15) is 14.4 Å². The molecule has 0 rings (SSSR count). The van der Waals surface area contributed by atoms with Crippen molar-refractivity contribution >= 4 is 17.8 Å². The van der Waals surface area contributed by atoms with Crippen molar-refractivity contribution in [2.45, 2.75) is 84.0 Å². The minimum Gasteiger partial charge on any atom is -0.392 e. The molecule has 0 fully saturated rings. The molecule has 0 atom stereocenters. The van der Waals surface area contributed by atoms with Gasteiger partial charge in [0.25, 0.3) is 0 Å². The van der Waals surface area contributed by atoms with Gasteiger partial charge >= 0.3 is 11.9 Å². The second kappa shape index (κ2) is 16.4. The lowest BCUT2D eigenvalue weighted by Gasteiger charge is -2.04. The molecule has 0 spiro atoms. The van der Waals surface area contributed by atoms with Crippen LogP contribution in [0.2, 0.25) is 0 Å². The number of unbranched alkanes of at least 4 members (excludes halogenated alkanes) is 9. The van der Waals surface area contributed by atoms with Crippen molar-refractivity contribution in [3.05, 3.63) is 0 Å². The first kappa shape index (κ1) is 22.6. The van der Waals surface area contributed by atoms with E-state index in [1.807, 2.05) is 6.92 Å². The first-order valence-corrected chi connectivity index (χ1v) is 9.30. The van der Waals surface area contributed by atoms with E-state index in [0.29, 0.717) is 13.0 Å². The Hall–Kier alpha value is -1.43. The second-order valence-electron chi connectivity index (χ2n) is 6.04. The summed E-state index contributed by atoms with van der Waals surface area (Å²) in [4.78, 5) is 33.3. The van der Waals surface area contributed by atoms with Crippen LogP contribution in [0.4, 0.5) is 0 Å². The van der Waals surface area contributed by atoms with Gasteiger partial charge in [-0.3, -0.25) is 14.4 Å². The Balaban J connectivity index is 3.21. The SMILES string of the molecule is CCNC(=O)CCCCCCCCCCCCC(=O)OC(=O)CN. The van der Waals surface area contributed by atoms with Gasteiger partial charge in [-0.1, -0.05) is 51.4 Å². The van der Waals surface area contributed by atoms with Crippen molar-refractivity contribution in [1.29, 1.82) is 0 Å². The molecule has 3 N–H and O–H groups in total. The maximum atomic E-state index is 11.3. The highest BCUT2D eigenvalue weighted by Crippen LogP contribution is 2.12. The number of carbonyl (C=O) groups excluding carboxylic acids is 3. The fourth-order valence-electron chi connectivity index (χ4n) is 2.47. The Labute approximate surface area is 145 Å². The zero-order valence-corrected chi connectivity index (χ0v) is 15.1. The lowest BCUT2D eigenvalue weighted by atomic mass is 10.1. The summed E-state index contributed by atoms with van der Waals surface area (Å²) in [6.07, 6.45) is 11.9. The minimum atomic E-state index is -0.661. The molecule has 6 nitrogen and oxygen atoms in total. The number of ether oxygens (including phenoxy) is 1. The minimum absolute atomic E-state index is 0.161. The number of nitrogens with two attached hydrogens (primary N) is 1. The maximum Gasteiger partial charge on any atom is 0.327 e. The second-order valence-corrected chi connectivity index (χ2v) is 6.04. The highest BCUT2D eigenvalue weighted by molar-refractivity contribution is 5.86. The largest absolute Gasteiger partial charge is 0.392 e. The molecule has 0 aliphatic heterocycles. The molecule has 0 saturated carbocycles. The fourth-order valence-corrected chi connectivity index (χ4v) is 2.47. The Morgan fingerprint density at radius 2 is 1.21 bits per heavy atom. The van der Waals surface area contributed by atoms with Crippen molar-refractivity contribution in [1.82, 2.24) is 5.32 Å². The molecule has 0 aromatic heterocycles. The number of amides is 1. The van der Waals surface area contributed by atoms with Crippen molar-refractivity contribution in [3.8, 4) is 0 Å². The standard InChI is InChI=1S/C18H34N2O4/c1-2-20-16(21)13-11-9-7-5-3-4-6-8-10-12-14-17(22)24-18(23)15-19/h2-15,19H2,1H3,(H,20,21). The molecular weight excluding hydrogens is 308 g/mol. The van der Waals surface area contributed by atoms with Crippen LogP contribution < -0.4 is 11.1 Å². The molecule has 0 saturated heterocycles. The topological polar surface area (TPSA) is 98.5 Å². The summed E-state index contributed by atoms with van der Waals surface area (Å²) in [6, 6.07) is 0. The van der Waals surface area contributed by atoms with Gasteiger partial charge in [0.15, 0.2) is 0 Å². The fraction of sp³-hybridized carbons (Fsp3) is 0.833. The average molecular weight is 342 g/mol. The number of esters is 2. The van der Waals surface area contributed by atoms with E-state index in [1.165, 1.54) is 32.1 Å². The van der Waals surface area contributed by atoms with Crippen LogP contribution in [0.25, 0.3) is 0 Å². The Kier molecular flexibility index (Phi) is 15.4. The van der Waals surface area contributed by atoms with Crippen LogP contribution in [0.1, 0.15) is 84.0 Å². The molecule has 0 aromatic carbocycles. The van der Waals surface area contributed by atoms with Crippen molar-refractivity contribution < 1.29 is 19.1 Å².